The molecule has 104 valence electrons. The molecule has 1 saturated heterocycles. The zero-order valence-corrected chi connectivity index (χ0v) is 12.4. The van der Waals surface area contributed by atoms with Gasteiger partial charge in [0.1, 0.15) is 5.69 Å². The SMILES string of the molecule is CN(C(=O)c1cc(Br)cn1C1CC1)[C@H]1CNC[C@@H]1O. The van der Waals surface area contributed by atoms with Crippen molar-refractivity contribution in [1.29, 1.82) is 0 Å². The largest absolute Gasteiger partial charge is 0.390 e. The lowest BCUT2D eigenvalue weighted by Gasteiger charge is -2.26. The van der Waals surface area contributed by atoms with Crippen LogP contribution in [0.5, 0.6) is 0 Å². The number of carbonyl (C=O) groups excluding carboxylic acids is 1. The lowest BCUT2D eigenvalue weighted by molar-refractivity contribution is 0.0571. The molecule has 5 nitrogen and oxygen atoms in total. The van der Waals surface area contributed by atoms with Gasteiger partial charge in [-0.2, -0.15) is 0 Å². The molecule has 1 saturated carbocycles. The predicted octanol–water partition coefficient (Wildman–Crippen LogP) is 0.990. The number of aliphatic hydroxyl groups is 1. The minimum absolute atomic E-state index is 0.0228. The molecule has 2 N–H and O–H groups in total. The van der Waals surface area contributed by atoms with Gasteiger partial charge in [0.25, 0.3) is 5.91 Å². The van der Waals surface area contributed by atoms with Crippen LogP contribution in [0.1, 0.15) is 29.4 Å². The highest BCUT2D eigenvalue weighted by molar-refractivity contribution is 9.10. The number of β-amino-alcohol motifs (C(OH)–C–C–N with tert-alkyl or cyclic N) is 1. The summed E-state index contributed by atoms with van der Waals surface area (Å²) in [5.74, 6) is -0.0228. The summed E-state index contributed by atoms with van der Waals surface area (Å²) in [6.07, 6.45) is 3.77. The standard InChI is InChI=1S/C13H18BrN3O2/c1-16(11-5-15-6-12(11)18)13(19)10-4-8(14)7-17(10)9-2-3-9/h4,7,9,11-12,15,18H,2-3,5-6H2,1H3/t11-,12-/m0/s1. The second-order valence-electron chi connectivity index (χ2n) is 5.39. The number of amides is 1. The maximum Gasteiger partial charge on any atom is 0.270 e. The highest BCUT2D eigenvalue weighted by atomic mass is 79.9. The minimum atomic E-state index is -0.485. The molecule has 19 heavy (non-hydrogen) atoms. The Balaban J connectivity index is 1.83. The fourth-order valence-corrected chi connectivity index (χ4v) is 3.09. The van der Waals surface area contributed by atoms with Gasteiger partial charge < -0.3 is 19.9 Å². The number of rotatable bonds is 3. The van der Waals surface area contributed by atoms with Crippen molar-refractivity contribution in [3.8, 4) is 0 Å². The highest BCUT2D eigenvalue weighted by Crippen LogP contribution is 2.37. The van der Waals surface area contributed by atoms with Crippen LogP contribution in [0, 0.1) is 0 Å². The van der Waals surface area contributed by atoms with E-state index >= 15 is 0 Å². The highest BCUT2D eigenvalue weighted by Gasteiger charge is 2.34. The van der Waals surface area contributed by atoms with Crippen LogP contribution >= 0.6 is 15.9 Å². The van der Waals surface area contributed by atoms with Crippen molar-refractivity contribution in [2.24, 2.45) is 0 Å². The zero-order valence-electron chi connectivity index (χ0n) is 10.8. The first-order valence-electron chi connectivity index (χ1n) is 6.61. The summed E-state index contributed by atoms with van der Waals surface area (Å²) in [4.78, 5) is 14.2. The van der Waals surface area contributed by atoms with E-state index in [4.69, 9.17) is 0 Å². The molecule has 0 aromatic carbocycles. The Morgan fingerprint density at radius 3 is 2.84 bits per heavy atom. The Bertz CT molecular complexity index is 498. The van der Waals surface area contributed by atoms with Gasteiger partial charge in [-0.1, -0.05) is 0 Å². The van der Waals surface area contributed by atoms with Crippen LogP contribution in [0.15, 0.2) is 16.7 Å². The van der Waals surface area contributed by atoms with E-state index in [1.807, 2.05) is 12.3 Å². The number of hydrogen-bond acceptors (Lipinski definition) is 3. The van der Waals surface area contributed by atoms with Gasteiger partial charge in [-0.15, -0.1) is 0 Å². The molecule has 0 bridgehead atoms. The molecular weight excluding hydrogens is 310 g/mol. The second-order valence-corrected chi connectivity index (χ2v) is 6.31. The number of nitrogens with one attached hydrogen (secondary N) is 1. The first kappa shape index (κ1) is 13.1. The van der Waals surface area contributed by atoms with E-state index in [1.165, 1.54) is 0 Å². The van der Waals surface area contributed by atoms with Crippen LogP contribution < -0.4 is 5.32 Å². The number of likely N-dealkylation sites (N-methyl/N-ethyl adjacent to an activating group) is 1. The first-order valence-corrected chi connectivity index (χ1v) is 7.40. The molecule has 6 heteroatoms. The Kier molecular flexibility index (Phi) is 3.41. The summed E-state index contributed by atoms with van der Waals surface area (Å²) < 4.78 is 2.98. The van der Waals surface area contributed by atoms with Gasteiger partial charge in [0.15, 0.2) is 0 Å². The van der Waals surface area contributed by atoms with Gasteiger partial charge in [-0.3, -0.25) is 4.79 Å². The predicted molar refractivity (Wildman–Crippen MR) is 75.2 cm³/mol. The Morgan fingerprint density at radius 1 is 1.53 bits per heavy atom. The van der Waals surface area contributed by atoms with Crippen molar-refractivity contribution in [3.05, 3.63) is 22.4 Å². The van der Waals surface area contributed by atoms with Crippen molar-refractivity contribution in [2.45, 2.75) is 31.0 Å². The first-order chi connectivity index (χ1) is 9.08. The van der Waals surface area contributed by atoms with Crippen LogP contribution in [0.4, 0.5) is 0 Å². The summed E-state index contributed by atoms with van der Waals surface area (Å²) in [7, 11) is 1.77. The van der Waals surface area contributed by atoms with E-state index in [0.29, 0.717) is 24.8 Å². The molecule has 2 heterocycles. The summed E-state index contributed by atoms with van der Waals surface area (Å²) >= 11 is 3.44. The van der Waals surface area contributed by atoms with Crippen molar-refractivity contribution in [1.82, 2.24) is 14.8 Å². The molecule has 0 radical (unpaired) electrons. The van der Waals surface area contributed by atoms with Gasteiger partial charge in [0.05, 0.1) is 12.1 Å². The number of aliphatic hydroxyl groups excluding tert-OH is 1. The van der Waals surface area contributed by atoms with Crippen molar-refractivity contribution in [2.75, 3.05) is 20.1 Å². The van der Waals surface area contributed by atoms with E-state index in [-0.39, 0.29) is 11.9 Å². The third kappa shape index (κ3) is 2.44. The molecule has 0 unspecified atom stereocenters. The van der Waals surface area contributed by atoms with Crippen molar-refractivity contribution < 1.29 is 9.90 Å². The van der Waals surface area contributed by atoms with Crippen LogP contribution in [0.25, 0.3) is 0 Å². The summed E-state index contributed by atoms with van der Waals surface area (Å²) in [6, 6.07) is 2.19. The lowest BCUT2D eigenvalue weighted by Crippen LogP contribution is -2.44. The Labute approximate surface area is 120 Å². The fourth-order valence-electron chi connectivity index (χ4n) is 2.65. The summed E-state index contributed by atoms with van der Waals surface area (Å²) in [5.41, 5.74) is 0.705. The average molecular weight is 328 g/mol. The molecular formula is C13H18BrN3O2. The lowest BCUT2D eigenvalue weighted by atomic mass is 10.2. The van der Waals surface area contributed by atoms with Crippen LogP contribution in [-0.4, -0.2) is 52.8 Å². The van der Waals surface area contributed by atoms with Crippen molar-refractivity contribution in [3.63, 3.8) is 0 Å². The third-order valence-electron chi connectivity index (χ3n) is 3.94. The molecule has 1 aliphatic heterocycles. The molecule has 2 aliphatic rings. The quantitative estimate of drug-likeness (QED) is 0.870. The molecule has 2 atom stereocenters. The molecule has 1 aliphatic carbocycles. The number of nitrogens with zero attached hydrogens (tertiary/aromatic N) is 2. The van der Waals surface area contributed by atoms with Gasteiger partial charge in [0, 0.05) is 36.8 Å². The summed E-state index contributed by atoms with van der Waals surface area (Å²) in [6.45, 7) is 1.20. The molecule has 3 rings (SSSR count). The Hall–Kier alpha value is -0.850. The van der Waals surface area contributed by atoms with Crippen LogP contribution in [0.2, 0.25) is 0 Å². The molecule has 2 fully saturated rings. The minimum Gasteiger partial charge on any atom is -0.390 e. The van der Waals surface area contributed by atoms with E-state index in [2.05, 4.69) is 25.8 Å². The van der Waals surface area contributed by atoms with Gasteiger partial charge >= 0.3 is 0 Å². The van der Waals surface area contributed by atoms with Gasteiger partial charge in [-0.05, 0) is 34.8 Å². The van der Waals surface area contributed by atoms with Crippen molar-refractivity contribution >= 4 is 21.8 Å². The van der Waals surface area contributed by atoms with Gasteiger partial charge in [0.2, 0.25) is 0 Å². The molecule has 1 aromatic rings. The number of halogens is 1. The van der Waals surface area contributed by atoms with E-state index in [0.717, 1.165) is 17.3 Å². The smallest absolute Gasteiger partial charge is 0.270 e. The molecule has 1 amide bonds. The van der Waals surface area contributed by atoms with E-state index in [9.17, 15) is 9.90 Å². The average Bonchev–Trinajstić information content (AvgIpc) is 3.03. The maximum atomic E-state index is 12.6. The van der Waals surface area contributed by atoms with Crippen LogP contribution in [0.3, 0.4) is 0 Å². The summed E-state index contributed by atoms with van der Waals surface area (Å²) in [5, 5.41) is 13.0. The van der Waals surface area contributed by atoms with E-state index in [1.54, 1.807) is 11.9 Å². The fraction of sp³-hybridized carbons (Fsp3) is 0.615. The normalized spacial score (nSPS) is 26.7. The topological polar surface area (TPSA) is 57.5 Å². The second kappa shape index (κ2) is 4.92. The Morgan fingerprint density at radius 2 is 2.26 bits per heavy atom. The number of hydrogen-bond donors (Lipinski definition) is 2. The number of aromatic nitrogens is 1. The maximum absolute atomic E-state index is 12.6. The van der Waals surface area contributed by atoms with E-state index < -0.39 is 6.10 Å². The van der Waals surface area contributed by atoms with Crippen LogP contribution in [-0.2, 0) is 0 Å². The third-order valence-corrected chi connectivity index (χ3v) is 4.38. The molecule has 0 spiro atoms. The van der Waals surface area contributed by atoms with Gasteiger partial charge in [-0.25, -0.2) is 0 Å². The monoisotopic (exact) mass is 327 g/mol. The zero-order chi connectivity index (χ0) is 13.6. The molecule has 1 aromatic heterocycles. The number of carbonyl (C=O) groups is 1.